The van der Waals surface area contributed by atoms with E-state index in [1.54, 1.807) is 0 Å². The minimum Gasteiger partial charge on any atom is -0.478 e. The summed E-state index contributed by atoms with van der Waals surface area (Å²) in [5.74, 6) is 1.31. The Morgan fingerprint density at radius 1 is 1.00 bits per heavy atom. The van der Waals surface area contributed by atoms with Crippen molar-refractivity contribution in [3.63, 3.8) is 0 Å². The zero-order valence-electron chi connectivity index (χ0n) is 15.7. The Labute approximate surface area is 160 Å². The first kappa shape index (κ1) is 18.0. The van der Waals surface area contributed by atoms with Crippen LogP contribution in [-0.4, -0.2) is 35.5 Å². The monoisotopic (exact) mass is 365 g/mol. The number of anilines is 1. The number of nitrogens with one attached hydrogen (secondary N) is 1. The van der Waals surface area contributed by atoms with Crippen molar-refractivity contribution in [2.75, 3.05) is 25.0 Å². The van der Waals surface area contributed by atoms with Crippen molar-refractivity contribution in [1.82, 2.24) is 9.88 Å². The van der Waals surface area contributed by atoms with Gasteiger partial charge in [0.25, 0.3) is 0 Å². The van der Waals surface area contributed by atoms with Crippen LogP contribution in [0.25, 0.3) is 0 Å². The molecule has 1 aromatic heterocycles. The third-order valence-corrected chi connectivity index (χ3v) is 5.39. The zero-order chi connectivity index (χ0) is 18.5. The van der Waals surface area contributed by atoms with Crippen LogP contribution < -0.4 is 10.1 Å². The maximum Gasteiger partial charge on any atom is 0.225 e. The molecule has 0 saturated carbocycles. The van der Waals surface area contributed by atoms with Gasteiger partial charge in [-0.15, -0.1) is 0 Å². The number of rotatable bonds is 6. The van der Waals surface area contributed by atoms with Gasteiger partial charge in [0.2, 0.25) is 11.8 Å². The van der Waals surface area contributed by atoms with Crippen LogP contribution in [0.2, 0.25) is 0 Å². The minimum atomic E-state index is 0.0431. The fourth-order valence-electron chi connectivity index (χ4n) is 3.85. The van der Waals surface area contributed by atoms with Crippen molar-refractivity contribution in [3.05, 3.63) is 53.1 Å². The number of carbonyl (C=O) groups is 1. The second-order valence-electron chi connectivity index (χ2n) is 7.41. The highest BCUT2D eigenvalue weighted by atomic mass is 16.5. The summed E-state index contributed by atoms with van der Waals surface area (Å²) in [5.41, 5.74) is 4.06. The molecule has 142 valence electrons. The standard InChI is InChI=1S/C22H27N3O2/c26-20-9-5-8-18-10-11-21(24-22(18)23-20)27-15-4-3-13-25-14-12-17-6-1-2-7-19(17)16-25/h1-2,6-7,10-11H,3-5,8-9,12-16H2,(H,23,24,26). The summed E-state index contributed by atoms with van der Waals surface area (Å²) in [6.45, 7) is 3.96. The van der Waals surface area contributed by atoms with Gasteiger partial charge in [0.05, 0.1) is 6.61 Å². The zero-order valence-corrected chi connectivity index (χ0v) is 15.7. The Morgan fingerprint density at radius 2 is 1.89 bits per heavy atom. The molecule has 0 fully saturated rings. The predicted molar refractivity (Wildman–Crippen MR) is 106 cm³/mol. The van der Waals surface area contributed by atoms with E-state index in [1.165, 1.54) is 11.1 Å². The molecule has 1 aromatic carbocycles. The summed E-state index contributed by atoms with van der Waals surface area (Å²) in [5, 5.41) is 2.88. The first-order valence-corrected chi connectivity index (χ1v) is 10.00. The molecule has 0 unspecified atom stereocenters. The van der Waals surface area contributed by atoms with Crippen LogP contribution in [-0.2, 0) is 24.2 Å². The molecule has 1 N–H and O–H groups in total. The summed E-state index contributed by atoms with van der Waals surface area (Å²) in [4.78, 5) is 18.7. The van der Waals surface area contributed by atoms with Crippen molar-refractivity contribution in [3.8, 4) is 5.88 Å². The Morgan fingerprint density at radius 3 is 2.81 bits per heavy atom. The van der Waals surface area contributed by atoms with E-state index in [-0.39, 0.29) is 5.91 Å². The molecule has 0 saturated heterocycles. The molecule has 2 aliphatic heterocycles. The summed E-state index contributed by atoms with van der Waals surface area (Å²) < 4.78 is 5.81. The average Bonchev–Trinajstić information content (AvgIpc) is 2.87. The van der Waals surface area contributed by atoms with Crippen LogP contribution in [0, 0.1) is 0 Å². The number of benzene rings is 1. The van der Waals surface area contributed by atoms with Crippen LogP contribution in [0.4, 0.5) is 5.82 Å². The highest BCUT2D eigenvalue weighted by molar-refractivity contribution is 5.91. The topological polar surface area (TPSA) is 54.5 Å². The number of nitrogens with zero attached hydrogens (tertiary/aromatic N) is 2. The Bertz CT molecular complexity index is 806. The molecule has 0 bridgehead atoms. The Kier molecular flexibility index (Phi) is 5.68. The summed E-state index contributed by atoms with van der Waals surface area (Å²) in [7, 11) is 0. The van der Waals surface area contributed by atoms with Gasteiger partial charge in [0.15, 0.2) is 0 Å². The van der Waals surface area contributed by atoms with Gasteiger partial charge < -0.3 is 10.1 Å². The fraction of sp³-hybridized carbons (Fsp3) is 0.455. The van der Waals surface area contributed by atoms with E-state index >= 15 is 0 Å². The summed E-state index contributed by atoms with van der Waals surface area (Å²) in [6, 6.07) is 12.7. The van der Waals surface area contributed by atoms with E-state index in [2.05, 4.69) is 39.5 Å². The van der Waals surface area contributed by atoms with Crippen molar-refractivity contribution >= 4 is 11.7 Å². The molecule has 5 heteroatoms. The quantitative estimate of drug-likeness (QED) is 0.795. The van der Waals surface area contributed by atoms with E-state index in [9.17, 15) is 4.79 Å². The number of fused-ring (bicyclic) bond motifs is 2. The van der Waals surface area contributed by atoms with Gasteiger partial charge >= 0.3 is 0 Å². The van der Waals surface area contributed by atoms with Gasteiger partial charge in [-0.2, -0.15) is 4.98 Å². The van der Waals surface area contributed by atoms with Crippen LogP contribution in [0.1, 0.15) is 42.4 Å². The maximum atomic E-state index is 11.7. The number of hydrogen-bond donors (Lipinski definition) is 1. The number of hydrogen-bond acceptors (Lipinski definition) is 4. The lowest BCUT2D eigenvalue weighted by Crippen LogP contribution is -2.31. The molecular formula is C22H27N3O2. The molecule has 1 amide bonds. The second kappa shape index (κ2) is 8.53. The predicted octanol–water partition coefficient (Wildman–Crippen LogP) is 3.57. The molecule has 0 radical (unpaired) electrons. The number of aromatic nitrogens is 1. The summed E-state index contributed by atoms with van der Waals surface area (Å²) in [6.07, 6.45) is 5.60. The van der Waals surface area contributed by atoms with E-state index in [0.717, 1.165) is 57.3 Å². The SMILES string of the molecule is O=C1CCCc2ccc(OCCCCN3CCc4ccccc4C3)nc2N1. The molecule has 0 atom stereocenters. The van der Waals surface area contributed by atoms with Gasteiger partial charge in [-0.05, 0) is 61.4 Å². The number of amides is 1. The second-order valence-corrected chi connectivity index (χ2v) is 7.41. The number of ether oxygens (including phenoxy) is 1. The average molecular weight is 365 g/mol. The lowest BCUT2D eigenvalue weighted by molar-refractivity contribution is -0.116. The van der Waals surface area contributed by atoms with E-state index in [1.807, 2.05) is 12.1 Å². The highest BCUT2D eigenvalue weighted by Gasteiger charge is 2.16. The van der Waals surface area contributed by atoms with Crippen LogP contribution in [0.5, 0.6) is 5.88 Å². The van der Waals surface area contributed by atoms with Crippen molar-refractivity contribution < 1.29 is 9.53 Å². The molecule has 0 aliphatic carbocycles. The van der Waals surface area contributed by atoms with Gasteiger partial charge in [0, 0.05) is 25.6 Å². The molecule has 0 spiro atoms. The normalized spacial score (nSPS) is 16.8. The van der Waals surface area contributed by atoms with Crippen LogP contribution in [0.15, 0.2) is 36.4 Å². The molecule has 27 heavy (non-hydrogen) atoms. The molecule has 4 rings (SSSR count). The molecular weight excluding hydrogens is 338 g/mol. The van der Waals surface area contributed by atoms with Crippen LogP contribution in [0.3, 0.4) is 0 Å². The number of pyridine rings is 1. The molecule has 2 aromatic rings. The highest BCUT2D eigenvalue weighted by Crippen LogP contribution is 2.23. The Balaban J connectivity index is 1.20. The van der Waals surface area contributed by atoms with Gasteiger partial charge in [-0.25, -0.2) is 0 Å². The van der Waals surface area contributed by atoms with E-state index < -0.39 is 0 Å². The van der Waals surface area contributed by atoms with Crippen molar-refractivity contribution in [1.29, 1.82) is 0 Å². The lowest BCUT2D eigenvalue weighted by Gasteiger charge is -2.28. The first-order valence-electron chi connectivity index (χ1n) is 10.00. The van der Waals surface area contributed by atoms with Crippen LogP contribution >= 0.6 is 0 Å². The minimum absolute atomic E-state index is 0.0431. The van der Waals surface area contributed by atoms with Gasteiger partial charge in [-0.3, -0.25) is 9.69 Å². The smallest absolute Gasteiger partial charge is 0.225 e. The van der Waals surface area contributed by atoms with E-state index in [4.69, 9.17) is 4.74 Å². The molecule has 2 aliphatic rings. The molecule has 3 heterocycles. The summed E-state index contributed by atoms with van der Waals surface area (Å²) >= 11 is 0. The Hall–Kier alpha value is -2.40. The van der Waals surface area contributed by atoms with Gasteiger partial charge in [0.1, 0.15) is 5.82 Å². The number of carbonyl (C=O) groups excluding carboxylic acids is 1. The largest absolute Gasteiger partial charge is 0.478 e. The van der Waals surface area contributed by atoms with Gasteiger partial charge in [-0.1, -0.05) is 24.3 Å². The van der Waals surface area contributed by atoms with Crippen molar-refractivity contribution in [2.24, 2.45) is 0 Å². The number of aryl methyl sites for hydroxylation is 1. The number of unbranched alkanes of at least 4 members (excludes halogenated alkanes) is 1. The third-order valence-electron chi connectivity index (χ3n) is 5.39. The maximum absolute atomic E-state index is 11.7. The third kappa shape index (κ3) is 4.66. The van der Waals surface area contributed by atoms with E-state index in [0.29, 0.717) is 24.7 Å². The molecule has 5 nitrogen and oxygen atoms in total. The fourth-order valence-corrected chi connectivity index (χ4v) is 3.85. The first-order chi connectivity index (χ1) is 13.3. The lowest BCUT2D eigenvalue weighted by atomic mass is 10.00. The van der Waals surface area contributed by atoms with Crippen molar-refractivity contribution in [2.45, 2.75) is 45.1 Å².